The van der Waals surface area contributed by atoms with Crippen LogP contribution in [0.2, 0.25) is 0 Å². The van der Waals surface area contributed by atoms with Crippen molar-refractivity contribution in [1.29, 1.82) is 0 Å². The minimum atomic E-state index is -0.863. The lowest BCUT2D eigenvalue weighted by Gasteiger charge is -2.48. The van der Waals surface area contributed by atoms with E-state index in [-0.39, 0.29) is 5.41 Å². The number of rotatable bonds is 3. The Hall–Kier alpha value is -3.91. The van der Waals surface area contributed by atoms with Gasteiger partial charge in [-0.15, -0.1) is 0 Å². The maximum absolute atomic E-state index is 11.4. The van der Waals surface area contributed by atoms with Gasteiger partial charge in [-0.2, -0.15) is 0 Å². The first-order valence-corrected chi connectivity index (χ1v) is 13.8. The molecule has 4 aromatic carbocycles. The van der Waals surface area contributed by atoms with Crippen LogP contribution in [-0.4, -0.2) is 11.1 Å². The van der Waals surface area contributed by atoms with Crippen LogP contribution < -0.4 is 0 Å². The Morgan fingerprint density at radius 3 is 2.08 bits per heavy atom. The van der Waals surface area contributed by atoms with Crippen molar-refractivity contribution in [2.75, 3.05) is 0 Å². The molecule has 1 N–H and O–H groups in total. The Bertz CT molecular complexity index is 1560. The van der Waals surface area contributed by atoms with Crippen LogP contribution in [0.25, 0.3) is 22.8 Å². The third-order valence-corrected chi connectivity index (χ3v) is 9.50. The van der Waals surface area contributed by atoms with E-state index in [1.54, 1.807) is 12.1 Å². The number of carboxylic acids is 1. The summed E-state index contributed by atoms with van der Waals surface area (Å²) in [7, 11) is 0. The fraction of sp³-hybridized carbons (Fsp3) is 0.250. The van der Waals surface area contributed by atoms with Crippen LogP contribution in [0.15, 0.2) is 91.0 Å². The van der Waals surface area contributed by atoms with Crippen LogP contribution >= 0.6 is 0 Å². The van der Waals surface area contributed by atoms with Crippen molar-refractivity contribution >= 4 is 17.6 Å². The average Bonchev–Trinajstić information content (AvgIpc) is 3.53. The highest BCUT2D eigenvalue weighted by Crippen LogP contribution is 2.60. The summed E-state index contributed by atoms with van der Waals surface area (Å²) in [6.07, 6.45) is 6.09. The monoisotopic (exact) mass is 496 g/mol. The number of carbonyl (C=O) groups is 1. The van der Waals surface area contributed by atoms with Gasteiger partial charge in [-0.1, -0.05) is 99.1 Å². The molecule has 38 heavy (non-hydrogen) atoms. The second-order valence-electron chi connectivity index (χ2n) is 11.8. The molecule has 188 valence electrons. The molecule has 3 atom stereocenters. The fourth-order valence-electron chi connectivity index (χ4n) is 7.91. The van der Waals surface area contributed by atoms with E-state index in [4.69, 9.17) is 0 Å². The summed E-state index contributed by atoms with van der Waals surface area (Å²) in [5, 5.41) is 9.40. The number of aromatic carboxylic acids is 1. The quantitative estimate of drug-likeness (QED) is 0.271. The average molecular weight is 497 g/mol. The smallest absolute Gasteiger partial charge is 0.335 e. The number of fused-ring (bicyclic) bond motifs is 6. The minimum absolute atomic E-state index is 0.0379. The Morgan fingerprint density at radius 1 is 0.816 bits per heavy atom. The van der Waals surface area contributed by atoms with Gasteiger partial charge in [0.15, 0.2) is 0 Å². The van der Waals surface area contributed by atoms with Gasteiger partial charge in [0.2, 0.25) is 0 Å². The van der Waals surface area contributed by atoms with Crippen molar-refractivity contribution < 1.29 is 9.90 Å². The van der Waals surface area contributed by atoms with Gasteiger partial charge in [0, 0.05) is 0 Å². The van der Waals surface area contributed by atoms with Gasteiger partial charge in [0.05, 0.1) is 5.56 Å². The molecule has 0 heterocycles. The van der Waals surface area contributed by atoms with Crippen molar-refractivity contribution in [3.8, 4) is 11.1 Å². The first kappa shape index (κ1) is 23.2. The summed E-state index contributed by atoms with van der Waals surface area (Å²) in [6.45, 7) is 4.77. The maximum Gasteiger partial charge on any atom is 0.335 e. The van der Waals surface area contributed by atoms with E-state index in [1.165, 1.54) is 69.3 Å². The van der Waals surface area contributed by atoms with Crippen LogP contribution in [0.1, 0.15) is 88.7 Å². The topological polar surface area (TPSA) is 37.3 Å². The predicted octanol–water partition coefficient (Wildman–Crippen LogP) is 8.91. The molecule has 0 radical (unpaired) electrons. The molecule has 0 aromatic heterocycles. The number of hydrogen-bond donors (Lipinski definition) is 1. The third kappa shape index (κ3) is 3.43. The zero-order valence-electron chi connectivity index (χ0n) is 21.9. The standard InChI is InChI=1S/C36H32O2/c1-36(2)33-19-14-22(20-31-27-10-5-3-8-25(27)26-9-4-6-11-28(26)31)21-32(33)29-12-7-13-30(29)34(36)23-15-17-24(18-16-23)35(37)38/h3-6,8-11,14-21,29-30,34H,7,12-13H2,1-2H3,(H,37,38). The summed E-state index contributed by atoms with van der Waals surface area (Å²) >= 11 is 0. The highest BCUT2D eigenvalue weighted by molar-refractivity contribution is 6.06. The molecule has 1 fully saturated rings. The highest BCUT2D eigenvalue weighted by Gasteiger charge is 2.49. The minimum Gasteiger partial charge on any atom is -0.478 e. The molecule has 4 aromatic rings. The fourth-order valence-corrected chi connectivity index (χ4v) is 7.91. The maximum atomic E-state index is 11.4. The summed E-state index contributed by atoms with van der Waals surface area (Å²) < 4.78 is 0. The lowest BCUT2D eigenvalue weighted by Crippen LogP contribution is -2.39. The van der Waals surface area contributed by atoms with Gasteiger partial charge in [-0.25, -0.2) is 4.79 Å². The Labute approximate surface area is 224 Å². The molecular weight excluding hydrogens is 464 g/mol. The van der Waals surface area contributed by atoms with E-state index >= 15 is 0 Å². The van der Waals surface area contributed by atoms with Gasteiger partial charge in [0.1, 0.15) is 0 Å². The van der Waals surface area contributed by atoms with Gasteiger partial charge in [0.25, 0.3) is 0 Å². The second-order valence-corrected chi connectivity index (χ2v) is 11.8. The lowest BCUT2D eigenvalue weighted by molar-refractivity contribution is 0.0697. The first-order valence-electron chi connectivity index (χ1n) is 13.8. The largest absolute Gasteiger partial charge is 0.478 e. The Kier molecular flexibility index (Phi) is 5.23. The molecule has 1 saturated carbocycles. The molecule has 0 saturated heterocycles. The number of carboxylic acid groups (broad SMARTS) is 1. The highest BCUT2D eigenvalue weighted by atomic mass is 16.4. The normalized spacial score (nSPS) is 22.3. The Balaban J connectivity index is 1.33. The van der Waals surface area contributed by atoms with E-state index in [1.807, 2.05) is 0 Å². The van der Waals surface area contributed by atoms with Crippen LogP contribution in [0.5, 0.6) is 0 Å². The molecule has 2 nitrogen and oxygen atoms in total. The van der Waals surface area contributed by atoms with Crippen LogP contribution in [0, 0.1) is 5.92 Å². The lowest BCUT2D eigenvalue weighted by atomic mass is 9.56. The molecule has 0 amide bonds. The van der Waals surface area contributed by atoms with Crippen LogP contribution in [-0.2, 0) is 5.41 Å². The van der Waals surface area contributed by atoms with Crippen molar-refractivity contribution in [2.45, 2.75) is 50.4 Å². The molecule has 3 aliphatic rings. The first-order chi connectivity index (χ1) is 18.4. The molecule has 2 heteroatoms. The zero-order chi connectivity index (χ0) is 26.0. The van der Waals surface area contributed by atoms with Crippen LogP contribution in [0.3, 0.4) is 0 Å². The summed E-state index contributed by atoms with van der Waals surface area (Å²) in [4.78, 5) is 11.4. The second kappa shape index (κ2) is 8.56. The molecule has 7 rings (SSSR count). The third-order valence-electron chi connectivity index (χ3n) is 9.50. The molecule has 0 bridgehead atoms. The van der Waals surface area contributed by atoms with Gasteiger partial charge in [-0.05, 0) is 104 Å². The van der Waals surface area contributed by atoms with E-state index in [0.717, 1.165) is 0 Å². The predicted molar refractivity (Wildman–Crippen MR) is 155 cm³/mol. The van der Waals surface area contributed by atoms with Crippen molar-refractivity contribution in [2.24, 2.45) is 5.92 Å². The van der Waals surface area contributed by atoms with E-state index in [0.29, 0.717) is 23.3 Å². The summed E-state index contributed by atoms with van der Waals surface area (Å²) in [5.41, 5.74) is 12.4. The molecular formula is C36H32O2. The Morgan fingerprint density at radius 2 is 1.45 bits per heavy atom. The summed E-state index contributed by atoms with van der Waals surface area (Å²) in [6, 6.07) is 32.3. The molecule has 0 aliphatic heterocycles. The van der Waals surface area contributed by atoms with Gasteiger partial charge < -0.3 is 5.11 Å². The van der Waals surface area contributed by atoms with Crippen molar-refractivity contribution in [3.05, 3.63) is 130 Å². The molecule has 3 unspecified atom stereocenters. The van der Waals surface area contributed by atoms with Crippen molar-refractivity contribution in [1.82, 2.24) is 0 Å². The molecule has 0 spiro atoms. The number of hydrogen-bond acceptors (Lipinski definition) is 1. The SMILES string of the molecule is CC1(C)c2ccc(C=C3c4ccccc4-c4ccccc43)cc2C2CCCC2C1c1ccc(C(=O)O)cc1. The number of benzene rings is 4. The van der Waals surface area contributed by atoms with Gasteiger partial charge in [-0.3, -0.25) is 0 Å². The van der Waals surface area contributed by atoms with Gasteiger partial charge >= 0.3 is 5.97 Å². The van der Waals surface area contributed by atoms with E-state index in [9.17, 15) is 9.90 Å². The van der Waals surface area contributed by atoms with E-state index < -0.39 is 5.97 Å². The van der Waals surface area contributed by atoms with Crippen LogP contribution in [0.4, 0.5) is 0 Å². The summed E-state index contributed by atoms with van der Waals surface area (Å²) in [5.74, 6) is 0.633. The van der Waals surface area contributed by atoms with Crippen molar-refractivity contribution in [3.63, 3.8) is 0 Å². The zero-order valence-corrected chi connectivity index (χ0v) is 21.9. The molecule has 3 aliphatic carbocycles. The van der Waals surface area contributed by atoms with E-state index in [2.05, 4.69) is 98.8 Å².